The number of sulfonamides is 1. The van der Waals surface area contributed by atoms with Crippen molar-refractivity contribution < 1.29 is 13.5 Å². The number of nitrogens with zero attached hydrogens (tertiary/aromatic N) is 1. The lowest BCUT2D eigenvalue weighted by Crippen LogP contribution is -2.45. The fourth-order valence-corrected chi connectivity index (χ4v) is 3.02. The summed E-state index contributed by atoms with van der Waals surface area (Å²) in [6, 6.07) is 0.200. The van der Waals surface area contributed by atoms with Crippen LogP contribution in [0.25, 0.3) is 0 Å². The van der Waals surface area contributed by atoms with E-state index < -0.39 is 10.0 Å². The minimum Gasteiger partial charge on any atom is -0.396 e. The van der Waals surface area contributed by atoms with Gasteiger partial charge in [0.2, 0.25) is 10.0 Å². The predicted molar refractivity (Wildman–Crippen MR) is 55.5 cm³/mol. The maximum Gasteiger partial charge on any atom is 0.214 e. The number of aliphatic hydroxyl groups excluding tert-OH is 1. The van der Waals surface area contributed by atoms with Gasteiger partial charge >= 0.3 is 0 Å². The topological polar surface area (TPSA) is 57.6 Å². The van der Waals surface area contributed by atoms with Crippen LogP contribution in [0.5, 0.6) is 0 Å². The summed E-state index contributed by atoms with van der Waals surface area (Å²) in [6.07, 6.45) is 3.62. The fraction of sp³-hybridized carbons (Fsp3) is 1.00. The summed E-state index contributed by atoms with van der Waals surface area (Å²) in [4.78, 5) is 0. The molecular weight excluding hydrogens is 202 g/mol. The summed E-state index contributed by atoms with van der Waals surface area (Å²) in [5.41, 5.74) is 0. The lowest BCUT2D eigenvalue weighted by molar-refractivity contribution is 0.198. The van der Waals surface area contributed by atoms with Crippen LogP contribution >= 0.6 is 0 Å². The Morgan fingerprint density at radius 3 is 2.43 bits per heavy atom. The minimum atomic E-state index is -3.07. The van der Waals surface area contributed by atoms with Crippen molar-refractivity contribution in [3.8, 4) is 0 Å². The number of hydrogen-bond acceptors (Lipinski definition) is 3. The van der Waals surface area contributed by atoms with E-state index >= 15 is 0 Å². The van der Waals surface area contributed by atoms with Gasteiger partial charge in [-0.15, -0.1) is 0 Å². The highest BCUT2D eigenvalue weighted by Crippen LogP contribution is 2.27. The zero-order chi connectivity index (χ0) is 10.6. The Balaban J connectivity index is 2.60. The van der Waals surface area contributed by atoms with Gasteiger partial charge in [-0.1, -0.05) is 6.42 Å². The molecule has 0 aromatic rings. The molecule has 0 unspecified atom stereocenters. The largest absolute Gasteiger partial charge is 0.396 e. The summed E-state index contributed by atoms with van der Waals surface area (Å²) < 4.78 is 24.9. The first kappa shape index (κ1) is 11.9. The Hall–Kier alpha value is -0.130. The zero-order valence-electron chi connectivity index (χ0n) is 8.65. The normalized spacial score (nSPS) is 18.5. The van der Waals surface area contributed by atoms with Gasteiger partial charge in [-0.05, 0) is 26.2 Å². The second kappa shape index (κ2) is 5.09. The van der Waals surface area contributed by atoms with E-state index in [4.69, 9.17) is 5.11 Å². The van der Waals surface area contributed by atoms with Crippen molar-refractivity contribution >= 4 is 10.0 Å². The third-order valence-corrected chi connectivity index (χ3v) is 4.67. The molecule has 0 aromatic carbocycles. The zero-order valence-corrected chi connectivity index (χ0v) is 9.46. The molecule has 5 heteroatoms. The maximum atomic E-state index is 11.7. The Morgan fingerprint density at radius 1 is 1.43 bits per heavy atom. The molecule has 1 aliphatic rings. The lowest BCUT2D eigenvalue weighted by Gasteiger charge is -2.36. The molecule has 1 N–H and O–H groups in total. The summed E-state index contributed by atoms with van der Waals surface area (Å²) in [5, 5.41) is 8.70. The van der Waals surface area contributed by atoms with E-state index in [2.05, 4.69) is 0 Å². The first-order valence-electron chi connectivity index (χ1n) is 5.22. The van der Waals surface area contributed by atoms with Crippen molar-refractivity contribution in [2.45, 2.75) is 38.6 Å². The van der Waals surface area contributed by atoms with Crippen LogP contribution in [0.4, 0.5) is 0 Å². The minimum absolute atomic E-state index is 0.0580. The van der Waals surface area contributed by atoms with Crippen molar-refractivity contribution in [2.75, 3.05) is 18.9 Å². The molecule has 0 amide bonds. The molecule has 0 saturated heterocycles. The summed E-state index contributed by atoms with van der Waals surface area (Å²) in [7, 11) is -3.07. The lowest BCUT2D eigenvalue weighted by atomic mass is 9.93. The highest BCUT2D eigenvalue weighted by molar-refractivity contribution is 7.89. The molecule has 1 fully saturated rings. The molecule has 0 radical (unpaired) electrons. The Bertz CT molecular complexity index is 259. The van der Waals surface area contributed by atoms with E-state index in [0.29, 0.717) is 13.0 Å². The molecule has 14 heavy (non-hydrogen) atoms. The van der Waals surface area contributed by atoms with Gasteiger partial charge < -0.3 is 5.11 Å². The van der Waals surface area contributed by atoms with Crippen LogP contribution in [0, 0.1) is 0 Å². The smallest absolute Gasteiger partial charge is 0.214 e. The van der Waals surface area contributed by atoms with Crippen LogP contribution in [0.2, 0.25) is 0 Å². The molecule has 84 valence electrons. The van der Waals surface area contributed by atoms with Crippen molar-refractivity contribution in [2.24, 2.45) is 0 Å². The van der Waals surface area contributed by atoms with Crippen LogP contribution in [0.15, 0.2) is 0 Å². The van der Waals surface area contributed by atoms with Gasteiger partial charge in [-0.2, -0.15) is 4.31 Å². The third-order valence-electron chi connectivity index (χ3n) is 2.74. The summed E-state index contributed by atoms with van der Waals surface area (Å²) in [5.74, 6) is 0.162. The van der Waals surface area contributed by atoms with Crippen LogP contribution in [-0.2, 0) is 10.0 Å². The molecule has 0 aliphatic heterocycles. The molecule has 4 nitrogen and oxygen atoms in total. The van der Waals surface area contributed by atoms with Crippen LogP contribution in [0.1, 0.15) is 32.6 Å². The van der Waals surface area contributed by atoms with E-state index in [-0.39, 0.29) is 18.4 Å². The molecule has 0 bridgehead atoms. The highest BCUT2D eigenvalue weighted by Gasteiger charge is 2.31. The molecule has 1 rings (SSSR count). The van der Waals surface area contributed by atoms with Gasteiger partial charge in [0.05, 0.1) is 5.75 Å². The van der Waals surface area contributed by atoms with E-state index in [1.165, 1.54) is 0 Å². The Morgan fingerprint density at radius 2 is 2.07 bits per heavy atom. The molecule has 0 atom stereocenters. The second-order valence-electron chi connectivity index (χ2n) is 3.67. The van der Waals surface area contributed by atoms with Gasteiger partial charge in [0.1, 0.15) is 0 Å². The van der Waals surface area contributed by atoms with Crippen LogP contribution in [-0.4, -0.2) is 42.8 Å². The monoisotopic (exact) mass is 221 g/mol. The van der Waals surface area contributed by atoms with Crippen LogP contribution < -0.4 is 0 Å². The number of hydrogen-bond donors (Lipinski definition) is 1. The standard InChI is InChI=1S/C9H19NO3S/c1-2-14(12,13)10(7-4-8-11)9-5-3-6-9/h9,11H,2-8H2,1H3. The van der Waals surface area contributed by atoms with E-state index in [1.54, 1.807) is 11.2 Å². The maximum absolute atomic E-state index is 11.7. The average Bonchev–Trinajstić information content (AvgIpc) is 2.08. The molecule has 0 aromatic heterocycles. The summed E-state index contributed by atoms with van der Waals surface area (Å²) in [6.45, 7) is 2.19. The molecule has 1 aliphatic carbocycles. The third kappa shape index (κ3) is 2.68. The number of rotatable bonds is 6. The Labute approximate surface area is 86.0 Å². The van der Waals surface area contributed by atoms with Crippen molar-refractivity contribution in [1.82, 2.24) is 4.31 Å². The number of aliphatic hydroxyl groups is 1. The van der Waals surface area contributed by atoms with Gasteiger partial charge in [0.15, 0.2) is 0 Å². The van der Waals surface area contributed by atoms with Crippen molar-refractivity contribution in [1.29, 1.82) is 0 Å². The molecule has 0 spiro atoms. The first-order chi connectivity index (χ1) is 6.61. The summed E-state index contributed by atoms with van der Waals surface area (Å²) >= 11 is 0. The van der Waals surface area contributed by atoms with Gasteiger partial charge in [0.25, 0.3) is 0 Å². The fourth-order valence-electron chi connectivity index (χ4n) is 1.62. The second-order valence-corrected chi connectivity index (χ2v) is 5.88. The van der Waals surface area contributed by atoms with E-state index in [1.807, 2.05) is 0 Å². The highest BCUT2D eigenvalue weighted by atomic mass is 32.2. The van der Waals surface area contributed by atoms with E-state index in [9.17, 15) is 8.42 Å². The first-order valence-corrected chi connectivity index (χ1v) is 6.83. The molecule has 0 heterocycles. The van der Waals surface area contributed by atoms with Crippen LogP contribution in [0.3, 0.4) is 0 Å². The SMILES string of the molecule is CCS(=O)(=O)N(CCCO)C1CCC1. The predicted octanol–water partition coefficient (Wildman–Crippen LogP) is 0.573. The van der Waals surface area contributed by atoms with Gasteiger partial charge in [0, 0.05) is 19.2 Å². The van der Waals surface area contributed by atoms with Gasteiger partial charge in [-0.3, -0.25) is 0 Å². The molecule has 1 saturated carbocycles. The van der Waals surface area contributed by atoms with E-state index in [0.717, 1.165) is 19.3 Å². The Kier molecular flexibility index (Phi) is 4.34. The molecular formula is C9H19NO3S. The van der Waals surface area contributed by atoms with Crippen molar-refractivity contribution in [3.63, 3.8) is 0 Å². The quantitative estimate of drug-likeness (QED) is 0.713. The van der Waals surface area contributed by atoms with Crippen molar-refractivity contribution in [3.05, 3.63) is 0 Å². The van der Waals surface area contributed by atoms with Gasteiger partial charge in [-0.25, -0.2) is 8.42 Å². The average molecular weight is 221 g/mol.